The number of nitrogens with zero attached hydrogens (tertiary/aromatic N) is 2. The maximum absolute atomic E-state index is 11.6. The van der Waals surface area contributed by atoms with Crippen molar-refractivity contribution in [2.75, 3.05) is 13.6 Å². The van der Waals surface area contributed by atoms with Crippen LogP contribution >= 0.6 is 0 Å². The van der Waals surface area contributed by atoms with Crippen LogP contribution in [0.4, 0.5) is 0 Å². The molecule has 0 aromatic carbocycles. The molecule has 0 aliphatic heterocycles. The monoisotopic (exact) mass is 194 g/mol. The average Bonchev–Trinajstić information content (AvgIpc) is 2.66. The maximum atomic E-state index is 11.6. The van der Waals surface area contributed by atoms with Gasteiger partial charge in [0.25, 0.3) is 0 Å². The van der Waals surface area contributed by atoms with Crippen LogP contribution in [0.5, 0.6) is 0 Å². The largest absolute Gasteiger partial charge is 0.345 e. The summed E-state index contributed by atoms with van der Waals surface area (Å²) in [6.45, 7) is 0.571. The van der Waals surface area contributed by atoms with E-state index in [0.717, 1.165) is 0 Å². The highest BCUT2D eigenvalue weighted by molar-refractivity contribution is 5.76. The fourth-order valence-electron chi connectivity index (χ4n) is 1.96. The summed E-state index contributed by atoms with van der Waals surface area (Å²) in [5.74, 6) is 0.805. The SMILES string of the molecule is CN(CCC#N)C(=O)CC1CCCC1. The van der Waals surface area contributed by atoms with Gasteiger partial charge in [-0.3, -0.25) is 4.79 Å². The molecule has 1 rings (SSSR count). The minimum atomic E-state index is 0.201. The minimum absolute atomic E-state index is 0.201. The van der Waals surface area contributed by atoms with Gasteiger partial charge in [-0.15, -0.1) is 0 Å². The summed E-state index contributed by atoms with van der Waals surface area (Å²) in [5, 5.41) is 8.39. The molecule has 0 spiro atoms. The summed E-state index contributed by atoms with van der Waals surface area (Å²) in [6.07, 6.45) is 6.09. The van der Waals surface area contributed by atoms with Crippen LogP contribution in [0.3, 0.4) is 0 Å². The zero-order valence-corrected chi connectivity index (χ0v) is 8.83. The van der Waals surface area contributed by atoms with E-state index in [1.54, 1.807) is 11.9 Å². The topological polar surface area (TPSA) is 44.1 Å². The Morgan fingerprint density at radius 3 is 2.71 bits per heavy atom. The zero-order valence-electron chi connectivity index (χ0n) is 8.83. The molecule has 0 N–H and O–H groups in total. The van der Waals surface area contributed by atoms with Crippen LogP contribution < -0.4 is 0 Å². The lowest BCUT2D eigenvalue weighted by Crippen LogP contribution is -2.28. The molecule has 0 unspecified atom stereocenters. The molecule has 1 aliphatic carbocycles. The molecular formula is C11H18N2O. The van der Waals surface area contributed by atoms with Gasteiger partial charge < -0.3 is 4.90 Å². The highest BCUT2D eigenvalue weighted by atomic mass is 16.2. The standard InChI is InChI=1S/C11H18N2O/c1-13(8-4-7-12)11(14)9-10-5-2-3-6-10/h10H,2-6,8-9H2,1H3. The first-order valence-corrected chi connectivity index (χ1v) is 5.35. The van der Waals surface area contributed by atoms with Crippen molar-refractivity contribution in [3.8, 4) is 6.07 Å². The molecule has 0 aromatic rings. The molecule has 0 bridgehead atoms. The van der Waals surface area contributed by atoms with Gasteiger partial charge in [-0.2, -0.15) is 5.26 Å². The number of carbonyl (C=O) groups excluding carboxylic acids is 1. The predicted octanol–water partition coefficient (Wildman–Crippen LogP) is 1.94. The van der Waals surface area contributed by atoms with E-state index in [0.29, 0.717) is 25.3 Å². The predicted molar refractivity (Wildman–Crippen MR) is 54.4 cm³/mol. The van der Waals surface area contributed by atoms with Gasteiger partial charge in [0.2, 0.25) is 5.91 Å². The van der Waals surface area contributed by atoms with Gasteiger partial charge in [-0.1, -0.05) is 12.8 Å². The number of rotatable bonds is 4. The number of amides is 1. The summed E-state index contributed by atoms with van der Waals surface area (Å²) in [5.41, 5.74) is 0. The molecule has 0 atom stereocenters. The molecule has 1 aliphatic rings. The lowest BCUT2D eigenvalue weighted by Gasteiger charge is -2.17. The third-order valence-electron chi connectivity index (χ3n) is 2.92. The van der Waals surface area contributed by atoms with Crippen molar-refractivity contribution in [1.29, 1.82) is 5.26 Å². The first-order chi connectivity index (χ1) is 6.74. The first-order valence-electron chi connectivity index (χ1n) is 5.35. The number of carbonyl (C=O) groups is 1. The summed E-state index contributed by atoms with van der Waals surface area (Å²) < 4.78 is 0. The Labute approximate surface area is 85.7 Å². The van der Waals surface area contributed by atoms with Gasteiger partial charge in [0.1, 0.15) is 0 Å². The Balaban J connectivity index is 2.22. The van der Waals surface area contributed by atoms with E-state index in [9.17, 15) is 4.79 Å². The van der Waals surface area contributed by atoms with E-state index in [1.165, 1.54) is 25.7 Å². The second-order valence-electron chi connectivity index (χ2n) is 4.08. The van der Waals surface area contributed by atoms with Crippen molar-refractivity contribution < 1.29 is 4.79 Å². The fourth-order valence-corrected chi connectivity index (χ4v) is 1.96. The number of hydrogen-bond donors (Lipinski definition) is 0. The third-order valence-corrected chi connectivity index (χ3v) is 2.92. The van der Waals surface area contributed by atoms with Crippen molar-refractivity contribution in [2.45, 2.75) is 38.5 Å². The Kier molecular flexibility index (Phi) is 4.45. The van der Waals surface area contributed by atoms with Crippen LogP contribution in [0.25, 0.3) is 0 Å². The molecule has 0 aromatic heterocycles. The smallest absolute Gasteiger partial charge is 0.222 e. The summed E-state index contributed by atoms with van der Waals surface area (Å²) >= 11 is 0. The molecule has 3 nitrogen and oxygen atoms in total. The second kappa shape index (κ2) is 5.64. The Hall–Kier alpha value is -1.04. The highest BCUT2D eigenvalue weighted by Crippen LogP contribution is 2.27. The molecule has 1 fully saturated rings. The molecule has 3 heteroatoms. The summed E-state index contributed by atoms with van der Waals surface area (Å²) in [4.78, 5) is 13.3. The van der Waals surface area contributed by atoms with Gasteiger partial charge in [0.15, 0.2) is 0 Å². The quantitative estimate of drug-likeness (QED) is 0.686. The lowest BCUT2D eigenvalue weighted by atomic mass is 10.0. The van der Waals surface area contributed by atoms with Crippen molar-refractivity contribution in [3.05, 3.63) is 0 Å². The molecule has 1 amide bonds. The molecule has 0 saturated heterocycles. The third kappa shape index (κ3) is 3.37. The van der Waals surface area contributed by atoms with E-state index in [2.05, 4.69) is 6.07 Å². The Morgan fingerprint density at radius 1 is 1.50 bits per heavy atom. The number of nitriles is 1. The zero-order chi connectivity index (χ0) is 10.4. The van der Waals surface area contributed by atoms with Crippen LogP contribution in [0.15, 0.2) is 0 Å². The van der Waals surface area contributed by atoms with Crippen molar-refractivity contribution in [3.63, 3.8) is 0 Å². The maximum Gasteiger partial charge on any atom is 0.222 e. The molecule has 0 radical (unpaired) electrons. The van der Waals surface area contributed by atoms with Crippen molar-refractivity contribution in [2.24, 2.45) is 5.92 Å². The van der Waals surface area contributed by atoms with Crippen molar-refractivity contribution >= 4 is 5.91 Å². The van der Waals surface area contributed by atoms with E-state index >= 15 is 0 Å². The molecule has 0 heterocycles. The normalized spacial score (nSPS) is 16.6. The minimum Gasteiger partial charge on any atom is -0.345 e. The van der Waals surface area contributed by atoms with E-state index in [-0.39, 0.29) is 5.91 Å². The van der Waals surface area contributed by atoms with Crippen LogP contribution in [-0.4, -0.2) is 24.4 Å². The molecule has 14 heavy (non-hydrogen) atoms. The van der Waals surface area contributed by atoms with E-state index in [1.807, 2.05) is 0 Å². The van der Waals surface area contributed by atoms with Gasteiger partial charge in [-0.25, -0.2) is 0 Å². The summed E-state index contributed by atoms with van der Waals surface area (Å²) in [6, 6.07) is 2.05. The van der Waals surface area contributed by atoms with Gasteiger partial charge in [0.05, 0.1) is 12.5 Å². The molecular weight excluding hydrogens is 176 g/mol. The van der Waals surface area contributed by atoms with Crippen LogP contribution in [0.1, 0.15) is 38.5 Å². The van der Waals surface area contributed by atoms with Gasteiger partial charge >= 0.3 is 0 Å². The molecule has 78 valence electrons. The second-order valence-corrected chi connectivity index (χ2v) is 4.08. The lowest BCUT2D eigenvalue weighted by molar-refractivity contribution is -0.130. The number of hydrogen-bond acceptors (Lipinski definition) is 2. The van der Waals surface area contributed by atoms with Crippen LogP contribution in [0.2, 0.25) is 0 Å². The average molecular weight is 194 g/mol. The van der Waals surface area contributed by atoms with Crippen LogP contribution in [-0.2, 0) is 4.79 Å². The highest BCUT2D eigenvalue weighted by Gasteiger charge is 2.19. The summed E-state index contributed by atoms with van der Waals surface area (Å²) in [7, 11) is 1.79. The first kappa shape index (κ1) is 11.0. The van der Waals surface area contributed by atoms with E-state index in [4.69, 9.17) is 5.26 Å². The van der Waals surface area contributed by atoms with Crippen molar-refractivity contribution in [1.82, 2.24) is 4.90 Å². The fraction of sp³-hybridized carbons (Fsp3) is 0.818. The Morgan fingerprint density at radius 2 is 2.14 bits per heavy atom. The van der Waals surface area contributed by atoms with Gasteiger partial charge in [0, 0.05) is 20.0 Å². The van der Waals surface area contributed by atoms with Crippen LogP contribution in [0, 0.1) is 17.2 Å². The van der Waals surface area contributed by atoms with E-state index < -0.39 is 0 Å². The Bertz CT molecular complexity index is 226. The van der Waals surface area contributed by atoms with Gasteiger partial charge in [-0.05, 0) is 18.8 Å². The molecule has 1 saturated carbocycles.